The maximum absolute atomic E-state index is 5.00. The van der Waals surface area contributed by atoms with Gasteiger partial charge in [-0.1, -0.05) is 0 Å². The molecular weight excluding hydrogens is 132 g/mol. The Bertz CT molecular complexity index is 72.1. The van der Waals surface area contributed by atoms with Crippen molar-refractivity contribution >= 4 is 29.2 Å². The van der Waals surface area contributed by atoms with Crippen LogP contribution in [0, 0.1) is 0 Å². The first-order valence-corrected chi connectivity index (χ1v) is 2.28. The van der Waals surface area contributed by atoms with E-state index in [1.165, 1.54) is 0 Å². The van der Waals surface area contributed by atoms with Gasteiger partial charge >= 0.3 is 0 Å². The number of thiol groups is 1. The second-order valence-corrected chi connectivity index (χ2v) is 1.89. The Morgan fingerprint density at radius 2 is 2.29 bits per heavy atom. The van der Waals surface area contributed by atoms with Gasteiger partial charge in [-0.3, -0.25) is 5.84 Å². The van der Waals surface area contributed by atoms with Crippen LogP contribution >= 0.6 is 24.8 Å². The van der Waals surface area contributed by atoms with Gasteiger partial charge < -0.3 is 0 Å². The highest BCUT2D eigenvalue weighted by Crippen LogP contribution is 1.80. The van der Waals surface area contributed by atoms with Gasteiger partial charge in [0.1, 0.15) is 0 Å². The van der Waals surface area contributed by atoms with Crippen LogP contribution in [0.1, 0.15) is 0 Å². The van der Waals surface area contributed by atoms with E-state index in [0.29, 0.717) is 0 Å². The molecule has 0 radical (unpaired) electrons. The summed E-state index contributed by atoms with van der Waals surface area (Å²) in [6, 6.07) is 0. The number of thiocarbonyl (C=S) groups is 1. The van der Waals surface area contributed by atoms with Crippen LogP contribution in [0.5, 0.6) is 0 Å². The molecule has 0 rings (SSSR count). The van der Waals surface area contributed by atoms with E-state index < -0.39 is 0 Å². The second-order valence-electron chi connectivity index (χ2n) is 0.782. The average Bonchev–Trinajstić information content (AvgIpc) is 1.65. The zero-order chi connectivity index (χ0) is 5.86. The number of nitrogens with zero attached hydrogens (tertiary/aromatic N) is 1. The molecule has 0 fully saturated rings. The van der Waals surface area contributed by atoms with E-state index in [4.69, 9.17) is 11.7 Å². The number of rotatable bonds is 1. The fourth-order valence-electron chi connectivity index (χ4n) is 0.0552. The van der Waals surface area contributed by atoms with Crippen LogP contribution in [0.25, 0.3) is 0 Å². The van der Waals surface area contributed by atoms with Gasteiger partial charge in [0.05, 0.1) is 0 Å². The highest BCUT2D eigenvalue weighted by Gasteiger charge is 1.90. The number of nitrogens with two attached hydrogens (primary N) is 2. The van der Waals surface area contributed by atoms with Gasteiger partial charge in [-0.05, 0) is 12.2 Å². The van der Waals surface area contributed by atoms with E-state index in [1.807, 2.05) is 0 Å². The fourth-order valence-corrected chi connectivity index (χ4v) is 0.166. The molecule has 0 aromatic rings. The number of hydrogen-bond acceptors (Lipinski definition) is 4. The Hall–Kier alpha value is 0.120. The molecule has 0 bridgehead atoms. The highest BCUT2D eigenvalue weighted by molar-refractivity contribution is 8.10. The standard InChI is InChI=1S/CH6N4S2/c2-4-5(3)1(6)7/h4H,2-3H2,(H,6,7). The molecule has 0 aromatic heterocycles. The monoisotopic (exact) mass is 138 g/mol. The topological polar surface area (TPSA) is 67.3 Å². The molecule has 0 unspecified atom stereocenters. The summed E-state index contributed by atoms with van der Waals surface area (Å²) in [6.07, 6.45) is 0. The normalized spacial score (nSPS) is 8.43. The summed E-state index contributed by atoms with van der Waals surface area (Å²) in [5.74, 6) is 9.78. The summed E-state index contributed by atoms with van der Waals surface area (Å²) in [7, 11) is 0. The van der Waals surface area contributed by atoms with Gasteiger partial charge in [0, 0.05) is 0 Å². The van der Waals surface area contributed by atoms with Crippen molar-refractivity contribution in [2.75, 3.05) is 0 Å². The largest absolute Gasteiger partial charge is 0.252 e. The third kappa shape index (κ3) is 2.77. The van der Waals surface area contributed by atoms with Crippen LogP contribution in [0.2, 0.25) is 0 Å². The molecule has 0 spiro atoms. The van der Waals surface area contributed by atoms with Crippen LogP contribution in [0.3, 0.4) is 0 Å². The van der Waals surface area contributed by atoms with Crippen LogP contribution in [-0.2, 0) is 0 Å². The van der Waals surface area contributed by atoms with Crippen LogP contribution < -0.4 is 17.2 Å². The minimum atomic E-state index is 0.197. The van der Waals surface area contributed by atoms with Crippen molar-refractivity contribution in [2.24, 2.45) is 11.7 Å². The van der Waals surface area contributed by atoms with Gasteiger partial charge in [0.25, 0.3) is 0 Å². The maximum Gasteiger partial charge on any atom is 0.164 e. The van der Waals surface area contributed by atoms with Crippen LogP contribution in [-0.4, -0.2) is 9.44 Å². The molecule has 0 saturated heterocycles. The Morgan fingerprint density at radius 3 is 2.29 bits per heavy atom. The molecule has 0 heterocycles. The Balaban J connectivity index is 3.34. The van der Waals surface area contributed by atoms with Crippen molar-refractivity contribution in [3.63, 3.8) is 0 Å². The summed E-state index contributed by atoms with van der Waals surface area (Å²) < 4.78 is 0.197. The third-order valence-electron chi connectivity index (χ3n) is 0.345. The second kappa shape index (κ2) is 3.16. The number of hydrazine groups is 3. The molecule has 0 aliphatic heterocycles. The fraction of sp³-hybridized carbons (Fsp3) is 0. The summed E-state index contributed by atoms with van der Waals surface area (Å²) in [5.41, 5.74) is 2.06. The van der Waals surface area contributed by atoms with Crippen molar-refractivity contribution in [3.05, 3.63) is 0 Å². The molecular formula is CH6N4S2. The molecule has 5 N–H and O–H groups in total. The van der Waals surface area contributed by atoms with E-state index >= 15 is 0 Å². The molecule has 7 heavy (non-hydrogen) atoms. The summed E-state index contributed by atoms with van der Waals surface area (Å²) in [6.45, 7) is 0. The van der Waals surface area contributed by atoms with E-state index in [9.17, 15) is 0 Å². The minimum Gasteiger partial charge on any atom is -0.252 e. The number of hydrogen-bond donors (Lipinski definition) is 4. The third-order valence-corrected chi connectivity index (χ3v) is 0.757. The summed E-state index contributed by atoms with van der Waals surface area (Å²) >= 11 is 8.10. The van der Waals surface area contributed by atoms with Crippen molar-refractivity contribution < 1.29 is 0 Å². The average molecular weight is 138 g/mol. The Morgan fingerprint density at radius 1 is 1.86 bits per heavy atom. The van der Waals surface area contributed by atoms with E-state index in [0.717, 1.165) is 5.12 Å². The van der Waals surface area contributed by atoms with E-state index in [1.54, 1.807) is 0 Å². The van der Waals surface area contributed by atoms with Gasteiger partial charge in [-0.25, -0.2) is 11.0 Å². The van der Waals surface area contributed by atoms with Crippen molar-refractivity contribution in [1.82, 2.24) is 10.7 Å². The van der Waals surface area contributed by atoms with Crippen LogP contribution in [0.15, 0.2) is 0 Å². The summed E-state index contributed by atoms with van der Waals surface area (Å²) in [5, 5.41) is 0.915. The van der Waals surface area contributed by atoms with Gasteiger partial charge in [0.15, 0.2) is 4.32 Å². The molecule has 0 aliphatic carbocycles. The molecule has 0 aliphatic rings. The van der Waals surface area contributed by atoms with E-state index in [2.05, 4.69) is 30.4 Å². The highest BCUT2D eigenvalue weighted by atomic mass is 32.1. The van der Waals surface area contributed by atoms with E-state index in [-0.39, 0.29) is 4.32 Å². The van der Waals surface area contributed by atoms with Crippen molar-refractivity contribution in [2.45, 2.75) is 0 Å². The SMILES string of the molecule is NNN(N)C(=S)S. The lowest BCUT2D eigenvalue weighted by atomic mass is 11.4. The quantitative estimate of drug-likeness (QED) is 0.158. The first kappa shape index (κ1) is 7.12. The Labute approximate surface area is 52.2 Å². The zero-order valence-corrected chi connectivity index (χ0v) is 5.17. The predicted molar refractivity (Wildman–Crippen MR) is 34.9 cm³/mol. The van der Waals surface area contributed by atoms with Gasteiger partial charge in [-0.2, -0.15) is 5.53 Å². The summed E-state index contributed by atoms with van der Waals surface area (Å²) in [4.78, 5) is 0. The van der Waals surface area contributed by atoms with Crippen molar-refractivity contribution in [3.8, 4) is 0 Å². The molecule has 0 atom stereocenters. The van der Waals surface area contributed by atoms with Gasteiger partial charge in [-0.15, -0.1) is 12.6 Å². The predicted octanol–water partition coefficient (Wildman–Crippen LogP) is -1.24. The lowest BCUT2D eigenvalue weighted by molar-refractivity contribution is 0.337. The lowest BCUT2D eigenvalue weighted by Gasteiger charge is -2.11. The van der Waals surface area contributed by atoms with Gasteiger partial charge in [0.2, 0.25) is 0 Å². The Kier molecular flexibility index (Phi) is 3.22. The zero-order valence-electron chi connectivity index (χ0n) is 3.46. The first-order valence-electron chi connectivity index (χ1n) is 1.42. The lowest BCUT2D eigenvalue weighted by Crippen LogP contribution is -2.49. The number of nitrogens with one attached hydrogen (secondary N) is 1. The van der Waals surface area contributed by atoms with Crippen LogP contribution in [0.4, 0.5) is 0 Å². The van der Waals surface area contributed by atoms with Crippen molar-refractivity contribution in [1.29, 1.82) is 0 Å². The molecule has 0 aromatic carbocycles. The molecule has 42 valence electrons. The minimum absolute atomic E-state index is 0.197. The first-order chi connectivity index (χ1) is 3.18. The molecule has 0 saturated carbocycles. The smallest absolute Gasteiger partial charge is 0.164 e. The molecule has 0 amide bonds. The molecule has 6 heteroatoms. The molecule has 4 nitrogen and oxygen atoms in total. The maximum atomic E-state index is 5.00.